The summed E-state index contributed by atoms with van der Waals surface area (Å²) in [6.45, 7) is 4.43. The summed E-state index contributed by atoms with van der Waals surface area (Å²) >= 11 is 1.47. The van der Waals surface area contributed by atoms with E-state index in [4.69, 9.17) is 0 Å². The minimum Gasteiger partial charge on any atom is -0.253 e. The highest BCUT2D eigenvalue weighted by molar-refractivity contribution is 7.04. The van der Waals surface area contributed by atoms with E-state index in [0.717, 1.165) is 17.5 Å². The van der Waals surface area contributed by atoms with Gasteiger partial charge in [0.15, 0.2) is 0 Å². The molecule has 2 rings (SSSR count). The van der Waals surface area contributed by atoms with Gasteiger partial charge in [-0.1, -0.05) is 13.8 Å². The maximum Gasteiger partial charge on any atom is 0.103 e. The van der Waals surface area contributed by atoms with E-state index in [9.17, 15) is 0 Å². The predicted molar refractivity (Wildman–Crippen MR) is 56.0 cm³/mol. The van der Waals surface area contributed by atoms with E-state index in [1.807, 2.05) is 11.6 Å². The first-order chi connectivity index (χ1) is 6.25. The first-order valence-corrected chi connectivity index (χ1v) is 5.28. The van der Waals surface area contributed by atoms with Crippen molar-refractivity contribution in [2.75, 3.05) is 0 Å². The van der Waals surface area contributed by atoms with Gasteiger partial charge in [-0.2, -0.15) is 4.37 Å². The van der Waals surface area contributed by atoms with Crippen LogP contribution in [0.25, 0.3) is 11.0 Å². The second kappa shape index (κ2) is 3.42. The number of rotatable bonds is 2. The number of hydrogen-bond donors (Lipinski definition) is 0. The zero-order valence-corrected chi connectivity index (χ0v) is 8.64. The van der Waals surface area contributed by atoms with Crippen molar-refractivity contribution in [1.82, 2.24) is 9.36 Å². The Balaban J connectivity index is 2.37. The quantitative estimate of drug-likeness (QED) is 0.731. The monoisotopic (exact) mass is 192 g/mol. The van der Waals surface area contributed by atoms with E-state index in [2.05, 4.69) is 29.3 Å². The molecular weight excluding hydrogens is 180 g/mol. The standard InChI is InChI=1S/C10H12N2S/c1-7(2)3-8-4-9-10(11-5-8)6-13-12-9/h4-7H,3H2,1-2H3. The third kappa shape index (κ3) is 1.86. The van der Waals surface area contributed by atoms with Crippen molar-refractivity contribution in [1.29, 1.82) is 0 Å². The Labute approximate surface area is 81.8 Å². The molecule has 0 aliphatic heterocycles. The molecule has 0 bridgehead atoms. The van der Waals surface area contributed by atoms with Crippen LogP contribution >= 0.6 is 11.5 Å². The summed E-state index contributed by atoms with van der Waals surface area (Å²) in [6, 6.07) is 2.14. The Morgan fingerprint density at radius 2 is 2.23 bits per heavy atom. The van der Waals surface area contributed by atoms with Crippen LogP contribution in [0, 0.1) is 5.92 Å². The highest BCUT2D eigenvalue weighted by atomic mass is 32.1. The fraction of sp³-hybridized carbons (Fsp3) is 0.400. The average Bonchev–Trinajstić information content (AvgIpc) is 2.49. The van der Waals surface area contributed by atoms with Gasteiger partial charge in [0, 0.05) is 11.6 Å². The Kier molecular flexibility index (Phi) is 2.27. The zero-order chi connectivity index (χ0) is 9.26. The first-order valence-electron chi connectivity index (χ1n) is 4.44. The lowest BCUT2D eigenvalue weighted by molar-refractivity contribution is 0.646. The molecule has 68 valence electrons. The molecule has 2 nitrogen and oxygen atoms in total. The zero-order valence-electron chi connectivity index (χ0n) is 7.82. The topological polar surface area (TPSA) is 25.8 Å². The highest BCUT2D eigenvalue weighted by Crippen LogP contribution is 2.15. The van der Waals surface area contributed by atoms with Gasteiger partial charge in [-0.15, -0.1) is 0 Å². The molecule has 0 unspecified atom stereocenters. The van der Waals surface area contributed by atoms with Gasteiger partial charge < -0.3 is 0 Å². The van der Waals surface area contributed by atoms with Crippen LogP contribution in [0.4, 0.5) is 0 Å². The summed E-state index contributed by atoms with van der Waals surface area (Å²) < 4.78 is 4.27. The molecule has 0 atom stereocenters. The van der Waals surface area contributed by atoms with Crippen LogP contribution in [0.5, 0.6) is 0 Å². The van der Waals surface area contributed by atoms with Crippen molar-refractivity contribution < 1.29 is 0 Å². The van der Waals surface area contributed by atoms with Gasteiger partial charge in [0.1, 0.15) is 11.0 Å². The number of pyridine rings is 1. The Morgan fingerprint density at radius 3 is 3.00 bits per heavy atom. The molecule has 2 aromatic heterocycles. The van der Waals surface area contributed by atoms with Crippen molar-refractivity contribution in [3.8, 4) is 0 Å². The van der Waals surface area contributed by atoms with Gasteiger partial charge >= 0.3 is 0 Å². The molecule has 2 heterocycles. The number of fused-ring (bicyclic) bond motifs is 1. The maximum absolute atomic E-state index is 4.34. The van der Waals surface area contributed by atoms with Gasteiger partial charge in [0.05, 0.1) is 0 Å². The van der Waals surface area contributed by atoms with E-state index in [1.54, 1.807) is 0 Å². The molecule has 0 fully saturated rings. The van der Waals surface area contributed by atoms with Gasteiger partial charge in [-0.05, 0) is 35.5 Å². The minimum absolute atomic E-state index is 0.679. The Morgan fingerprint density at radius 1 is 1.38 bits per heavy atom. The summed E-state index contributed by atoms with van der Waals surface area (Å²) in [5, 5.41) is 1.98. The molecule has 0 amide bonds. The molecule has 0 saturated carbocycles. The number of aromatic nitrogens is 2. The fourth-order valence-corrected chi connectivity index (χ4v) is 1.98. The van der Waals surface area contributed by atoms with Crippen molar-refractivity contribution in [3.63, 3.8) is 0 Å². The van der Waals surface area contributed by atoms with Crippen molar-refractivity contribution in [3.05, 3.63) is 23.2 Å². The predicted octanol–water partition coefficient (Wildman–Crippen LogP) is 2.89. The van der Waals surface area contributed by atoms with E-state index < -0.39 is 0 Å². The van der Waals surface area contributed by atoms with Gasteiger partial charge in [0.2, 0.25) is 0 Å². The number of hydrogen-bond acceptors (Lipinski definition) is 3. The molecule has 0 spiro atoms. The molecule has 0 saturated heterocycles. The maximum atomic E-state index is 4.34. The normalized spacial score (nSPS) is 11.3. The molecule has 2 aromatic rings. The van der Waals surface area contributed by atoms with Gasteiger partial charge in [-0.25, -0.2) is 0 Å². The number of nitrogens with zero attached hydrogens (tertiary/aromatic N) is 2. The van der Waals surface area contributed by atoms with Crippen LogP contribution in [0.1, 0.15) is 19.4 Å². The summed E-state index contributed by atoms with van der Waals surface area (Å²) in [6.07, 6.45) is 3.04. The smallest absolute Gasteiger partial charge is 0.103 e. The van der Waals surface area contributed by atoms with Crippen LogP contribution in [0.15, 0.2) is 17.6 Å². The molecule has 0 radical (unpaired) electrons. The summed E-state index contributed by atoms with van der Waals surface area (Å²) in [5.74, 6) is 0.679. The molecule has 0 aliphatic carbocycles. The van der Waals surface area contributed by atoms with Crippen LogP contribution in [0.2, 0.25) is 0 Å². The van der Waals surface area contributed by atoms with Crippen LogP contribution in [-0.4, -0.2) is 9.36 Å². The SMILES string of the molecule is CC(C)Cc1cnc2csnc2c1. The molecule has 0 aromatic carbocycles. The largest absolute Gasteiger partial charge is 0.253 e. The van der Waals surface area contributed by atoms with Crippen LogP contribution < -0.4 is 0 Å². The summed E-state index contributed by atoms with van der Waals surface area (Å²) in [4.78, 5) is 4.34. The first kappa shape index (κ1) is 8.63. The van der Waals surface area contributed by atoms with E-state index >= 15 is 0 Å². The lowest BCUT2D eigenvalue weighted by Crippen LogP contribution is -1.94. The van der Waals surface area contributed by atoms with Crippen molar-refractivity contribution in [2.45, 2.75) is 20.3 Å². The van der Waals surface area contributed by atoms with Gasteiger partial charge in [-0.3, -0.25) is 4.98 Å². The van der Waals surface area contributed by atoms with Gasteiger partial charge in [0.25, 0.3) is 0 Å². The summed E-state index contributed by atoms with van der Waals surface area (Å²) in [5.41, 5.74) is 3.33. The van der Waals surface area contributed by atoms with Crippen LogP contribution in [0.3, 0.4) is 0 Å². The summed E-state index contributed by atoms with van der Waals surface area (Å²) in [7, 11) is 0. The third-order valence-electron chi connectivity index (χ3n) is 1.91. The third-order valence-corrected chi connectivity index (χ3v) is 2.54. The van der Waals surface area contributed by atoms with E-state index in [-0.39, 0.29) is 0 Å². The average molecular weight is 192 g/mol. The molecule has 13 heavy (non-hydrogen) atoms. The molecule has 0 N–H and O–H groups in total. The van der Waals surface area contributed by atoms with Crippen molar-refractivity contribution in [2.24, 2.45) is 5.92 Å². The lowest BCUT2D eigenvalue weighted by Gasteiger charge is -2.03. The van der Waals surface area contributed by atoms with Crippen LogP contribution in [-0.2, 0) is 6.42 Å². The second-order valence-corrected chi connectivity index (χ2v) is 4.29. The van der Waals surface area contributed by atoms with E-state index in [1.165, 1.54) is 17.1 Å². The fourth-order valence-electron chi connectivity index (χ4n) is 1.39. The highest BCUT2D eigenvalue weighted by Gasteiger charge is 2.01. The Hall–Kier alpha value is -0.960. The molecule has 0 aliphatic rings. The van der Waals surface area contributed by atoms with E-state index in [0.29, 0.717) is 5.92 Å². The molecular formula is C10H12N2S. The molecule has 3 heteroatoms. The van der Waals surface area contributed by atoms with Crippen molar-refractivity contribution >= 4 is 22.6 Å². The Bertz CT molecular complexity index is 406. The minimum atomic E-state index is 0.679. The lowest BCUT2D eigenvalue weighted by atomic mass is 10.0. The second-order valence-electron chi connectivity index (χ2n) is 3.66.